The molecule has 1 saturated carbocycles. The minimum absolute atomic E-state index is 0.560. The van der Waals surface area contributed by atoms with Gasteiger partial charge in [-0.25, -0.2) is 0 Å². The second-order valence-corrected chi connectivity index (χ2v) is 9.13. The van der Waals surface area contributed by atoms with Gasteiger partial charge in [-0.2, -0.15) is 0 Å². The number of hydrogen-bond donors (Lipinski definition) is 0. The Morgan fingerprint density at radius 3 is 2.23 bits per heavy atom. The topological polar surface area (TPSA) is 0 Å². The molecule has 1 aliphatic carbocycles. The van der Waals surface area contributed by atoms with E-state index in [0.29, 0.717) is 11.8 Å². The van der Waals surface area contributed by atoms with Crippen molar-refractivity contribution >= 4 is 0 Å². The third-order valence-corrected chi connectivity index (χ3v) is 6.94. The van der Waals surface area contributed by atoms with Crippen LogP contribution in [0.5, 0.6) is 0 Å². The Hall–Kier alpha value is -2.00. The van der Waals surface area contributed by atoms with Crippen LogP contribution in [0.4, 0.5) is 0 Å². The monoisotopic (exact) mass is 400 g/mol. The fourth-order valence-corrected chi connectivity index (χ4v) is 5.00. The van der Waals surface area contributed by atoms with Gasteiger partial charge in [0.05, 0.1) is 0 Å². The molecule has 0 nitrogen and oxygen atoms in total. The zero-order chi connectivity index (χ0) is 21.2. The predicted octanol–water partition coefficient (Wildman–Crippen LogP) is 8.65. The van der Waals surface area contributed by atoms with Crippen molar-refractivity contribution in [2.45, 2.75) is 96.8 Å². The average molecular weight is 401 g/mol. The van der Waals surface area contributed by atoms with E-state index in [1.54, 1.807) is 0 Å². The van der Waals surface area contributed by atoms with Crippen LogP contribution in [0.25, 0.3) is 0 Å². The maximum atomic E-state index is 3.67. The number of hydrogen-bond acceptors (Lipinski definition) is 0. The lowest BCUT2D eigenvalue weighted by Crippen LogP contribution is -2.12. The van der Waals surface area contributed by atoms with E-state index in [2.05, 4.69) is 81.1 Å². The van der Waals surface area contributed by atoms with Gasteiger partial charge in [-0.05, 0) is 79.5 Å². The van der Waals surface area contributed by atoms with Crippen molar-refractivity contribution in [2.75, 3.05) is 0 Å². The van der Waals surface area contributed by atoms with Crippen molar-refractivity contribution in [2.24, 2.45) is 5.92 Å². The first-order valence-electron chi connectivity index (χ1n) is 12.4. The third kappa shape index (κ3) is 6.25. The van der Waals surface area contributed by atoms with Crippen LogP contribution < -0.4 is 0 Å². The molecule has 30 heavy (non-hydrogen) atoms. The molecular weight excluding hydrogens is 360 g/mol. The summed E-state index contributed by atoms with van der Waals surface area (Å²) < 4.78 is 0. The molecule has 160 valence electrons. The predicted molar refractivity (Wildman–Crippen MR) is 131 cm³/mol. The van der Waals surface area contributed by atoms with E-state index in [4.69, 9.17) is 0 Å². The van der Waals surface area contributed by atoms with Gasteiger partial charge in [0.15, 0.2) is 0 Å². The van der Waals surface area contributed by atoms with E-state index in [1.807, 2.05) is 0 Å². The molecule has 0 heterocycles. The van der Waals surface area contributed by atoms with Gasteiger partial charge in [0, 0.05) is 11.5 Å². The van der Waals surface area contributed by atoms with Crippen molar-refractivity contribution in [3.8, 4) is 11.8 Å². The summed E-state index contributed by atoms with van der Waals surface area (Å²) in [5, 5.41) is 0. The molecule has 0 amide bonds. The Kier molecular flexibility index (Phi) is 9.07. The fourth-order valence-electron chi connectivity index (χ4n) is 5.00. The highest BCUT2D eigenvalue weighted by Gasteiger charge is 2.21. The number of unbranched alkanes of at least 4 members (excludes halogenated alkanes) is 1. The van der Waals surface area contributed by atoms with Crippen molar-refractivity contribution in [3.63, 3.8) is 0 Å². The van der Waals surface area contributed by atoms with Gasteiger partial charge in [0.25, 0.3) is 0 Å². The molecule has 1 unspecified atom stereocenters. The van der Waals surface area contributed by atoms with Crippen LogP contribution in [-0.2, 0) is 6.42 Å². The summed E-state index contributed by atoms with van der Waals surface area (Å²) in [6.07, 6.45) is 12.6. The van der Waals surface area contributed by atoms with Gasteiger partial charge in [0.2, 0.25) is 0 Å². The second-order valence-electron chi connectivity index (χ2n) is 9.13. The van der Waals surface area contributed by atoms with Gasteiger partial charge in [-0.15, -0.1) is 0 Å². The van der Waals surface area contributed by atoms with Crippen LogP contribution in [0.2, 0.25) is 0 Å². The van der Waals surface area contributed by atoms with E-state index in [9.17, 15) is 0 Å². The molecule has 0 bridgehead atoms. The largest absolute Gasteiger partial charge is 0.0945 e. The summed E-state index contributed by atoms with van der Waals surface area (Å²) in [5.74, 6) is 9.24. The Morgan fingerprint density at radius 2 is 1.57 bits per heavy atom. The minimum Gasteiger partial charge on any atom is -0.0945 e. The minimum atomic E-state index is 0.560. The van der Waals surface area contributed by atoms with Gasteiger partial charge < -0.3 is 0 Å². The van der Waals surface area contributed by atoms with Crippen molar-refractivity contribution in [1.82, 2.24) is 0 Å². The summed E-state index contributed by atoms with van der Waals surface area (Å²) in [6.45, 7) is 6.83. The molecule has 0 heteroatoms. The van der Waals surface area contributed by atoms with E-state index >= 15 is 0 Å². The fraction of sp³-hybridized carbons (Fsp3) is 0.533. The molecule has 1 atom stereocenters. The molecule has 0 aliphatic heterocycles. The van der Waals surface area contributed by atoms with E-state index in [-0.39, 0.29) is 0 Å². The Morgan fingerprint density at radius 1 is 0.833 bits per heavy atom. The smallest absolute Gasteiger partial charge is 0.0280 e. The van der Waals surface area contributed by atoms with Crippen LogP contribution in [0.15, 0.2) is 48.5 Å². The lowest BCUT2D eigenvalue weighted by molar-refractivity contribution is 0.384. The van der Waals surface area contributed by atoms with Gasteiger partial charge >= 0.3 is 0 Å². The van der Waals surface area contributed by atoms with E-state index in [1.165, 1.54) is 80.0 Å². The van der Waals surface area contributed by atoms with Gasteiger partial charge in [0.1, 0.15) is 0 Å². The first-order valence-corrected chi connectivity index (χ1v) is 12.4. The summed E-state index contributed by atoms with van der Waals surface area (Å²) in [4.78, 5) is 0. The lowest BCUT2D eigenvalue weighted by Gasteiger charge is -2.26. The molecule has 1 aliphatic rings. The standard InChI is InChI=1S/C30H40/c1-4-7-11-28(10-5-2)30-13-9-8-12-29(30)23-18-25-16-21-27(22-17-25)26-19-14-24(6-3)15-20-26/h8-9,12-15,19-20,25,27-28H,4-7,10-11,16-17,21-22H2,1-3H3/t25-,27-,28?. The molecule has 1 fully saturated rings. The molecular formula is C30H40. The molecule has 0 aromatic heterocycles. The molecule has 2 aromatic rings. The maximum absolute atomic E-state index is 3.67. The maximum Gasteiger partial charge on any atom is 0.0280 e. The van der Waals surface area contributed by atoms with Crippen LogP contribution in [0, 0.1) is 17.8 Å². The van der Waals surface area contributed by atoms with Crippen LogP contribution in [-0.4, -0.2) is 0 Å². The Labute approximate surface area is 185 Å². The van der Waals surface area contributed by atoms with Gasteiger partial charge in [-0.3, -0.25) is 0 Å². The quantitative estimate of drug-likeness (QED) is 0.389. The molecule has 0 radical (unpaired) electrons. The normalized spacial score (nSPS) is 19.7. The van der Waals surface area contributed by atoms with Gasteiger partial charge in [-0.1, -0.05) is 94.3 Å². The zero-order valence-corrected chi connectivity index (χ0v) is 19.4. The zero-order valence-electron chi connectivity index (χ0n) is 19.4. The number of benzene rings is 2. The average Bonchev–Trinajstić information content (AvgIpc) is 2.81. The van der Waals surface area contributed by atoms with Crippen molar-refractivity contribution in [3.05, 3.63) is 70.8 Å². The summed E-state index contributed by atoms with van der Waals surface area (Å²) >= 11 is 0. The van der Waals surface area contributed by atoms with Crippen LogP contribution >= 0.6 is 0 Å². The Balaban J connectivity index is 1.64. The lowest BCUT2D eigenvalue weighted by atomic mass is 9.78. The van der Waals surface area contributed by atoms with Crippen LogP contribution in [0.1, 0.15) is 113 Å². The van der Waals surface area contributed by atoms with E-state index < -0.39 is 0 Å². The Bertz CT molecular complexity index is 809. The molecule has 0 N–H and O–H groups in total. The SMILES string of the molecule is CCCCC(CCC)c1ccccc1C#C[C@H]1CC[C@H](c2ccc(CC)cc2)CC1. The highest BCUT2D eigenvalue weighted by Crippen LogP contribution is 2.36. The van der Waals surface area contributed by atoms with Crippen molar-refractivity contribution < 1.29 is 0 Å². The highest BCUT2D eigenvalue weighted by atomic mass is 14.3. The summed E-state index contributed by atoms with van der Waals surface area (Å²) in [5.41, 5.74) is 5.74. The summed E-state index contributed by atoms with van der Waals surface area (Å²) in [7, 11) is 0. The second kappa shape index (κ2) is 12.0. The van der Waals surface area contributed by atoms with E-state index in [0.717, 1.165) is 12.3 Å². The number of rotatable bonds is 8. The molecule has 0 saturated heterocycles. The molecule has 3 rings (SSSR count). The van der Waals surface area contributed by atoms with Crippen LogP contribution in [0.3, 0.4) is 0 Å². The summed E-state index contributed by atoms with van der Waals surface area (Å²) in [6, 6.07) is 18.3. The first-order chi connectivity index (χ1) is 14.7. The number of aryl methyl sites for hydroxylation is 1. The van der Waals surface area contributed by atoms with Crippen molar-refractivity contribution in [1.29, 1.82) is 0 Å². The molecule has 0 spiro atoms. The third-order valence-electron chi connectivity index (χ3n) is 6.94. The highest BCUT2D eigenvalue weighted by molar-refractivity contribution is 5.43. The first kappa shape index (κ1) is 22.7. The molecule has 2 aromatic carbocycles.